The van der Waals surface area contributed by atoms with Gasteiger partial charge < -0.3 is 9.84 Å². The summed E-state index contributed by atoms with van der Waals surface area (Å²) in [6.45, 7) is 0. The van der Waals surface area contributed by atoms with Crippen LogP contribution in [0.3, 0.4) is 0 Å². The van der Waals surface area contributed by atoms with Crippen LogP contribution in [0, 0.1) is 5.92 Å². The van der Waals surface area contributed by atoms with Gasteiger partial charge in [-0.3, -0.25) is 0 Å². The van der Waals surface area contributed by atoms with Gasteiger partial charge in [-0.25, -0.2) is 9.97 Å². The molecule has 4 nitrogen and oxygen atoms in total. The molecule has 19 heavy (non-hydrogen) atoms. The van der Waals surface area contributed by atoms with E-state index in [0.717, 1.165) is 29.7 Å². The van der Waals surface area contributed by atoms with E-state index in [2.05, 4.69) is 9.97 Å². The normalized spacial score (nSPS) is 17.8. The molecule has 0 saturated heterocycles. The summed E-state index contributed by atoms with van der Waals surface area (Å²) >= 11 is 0. The Bertz CT molecular complexity index is 552. The van der Waals surface area contributed by atoms with E-state index in [1.54, 1.807) is 19.5 Å². The molecule has 0 radical (unpaired) electrons. The first-order chi connectivity index (χ1) is 9.25. The van der Waals surface area contributed by atoms with Crippen LogP contribution in [0.4, 0.5) is 0 Å². The lowest BCUT2D eigenvalue weighted by atomic mass is 9.83. The first-order valence-corrected chi connectivity index (χ1v) is 6.37. The first-order valence-electron chi connectivity index (χ1n) is 6.37. The molecule has 2 aromatic rings. The average Bonchev–Trinajstić information content (AvgIpc) is 3.32. The smallest absolute Gasteiger partial charge is 0.120 e. The molecule has 1 saturated carbocycles. The van der Waals surface area contributed by atoms with E-state index in [0.29, 0.717) is 0 Å². The van der Waals surface area contributed by atoms with E-state index in [1.807, 2.05) is 24.3 Å². The molecule has 1 aliphatic rings. The molecule has 0 spiro atoms. The van der Waals surface area contributed by atoms with Crippen LogP contribution < -0.4 is 4.74 Å². The number of hydrogen-bond donors (Lipinski definition) is 1. The Hall–Kier alpha value is -1.94. The van der Waals surface area contributed by atoms with Gasteiger partial charge in [-0.15, -0.1) is 0 Å². The van der Waals surface area contributed by atoms with Crippen molar-refractivity contribution in [2.75, 3.05) is 7.11 Å². The summed E-state index contributed by atoms with van der Waals surface area (Å²) in [4.78, 5) is 8.05. The summed E-state index contributed by atoms with van der Waals surface area (Å²) in [5, 5.41) is 11.1. The molecule has 1 aromatic carbocycles. The lowest BCUT2D eigenvalue weighted by Crippen LogP contribution is -2.30. The predicted octanol–water partition coefficient (Wildman–Crippen LogP) is 2.13. The maximum atomic E-state index is 11.1. The van der Waals surface area contributed by atoms with Gasteiger partial charge in [0, 0.05) is 18.0 Å². The van der Waals surface area contributed by atoms with Gasteiger partial charge in [0.05, 0.1) is 7.11 Å². The molecule has 98 valence electrons. The van der Waals surface area contributed by atoms with Crippen molar-refractivity contribution in [2.45, 2.75) is 18.4 Å². The Kier molecular flexibility index (Phi) is 2.95. The van der Waals surface area contributed by atoms with Crippen LogP contribution in [0.15, 0.2) is 43.0 Å². The summed E-state index contributed by atoms with van der Waals surface area (Å²) in [7, 11) is 1.63. The molecular formula is C15H16N2O2. The van der Waals surface area contributed by atoms with Crippen molar-refractivity contribution in [3.8, 4) is 5.75 Å². The zero-order valence-electron chi connectivity index (χ0n) is 10.8. The van der Waals surface area contributed by atoms with Crippen LogP contribution in [-0.4, -0.2) is 22.2 Å². The number of hydrogen-bond acceptors (Lipinski definition) is 4. The van der Waals surface area contributed by atoms with Crippen molar-refractivity contribution < 1.29 is 9.84 Å². The van der Waals surface area contributed by atoms with Crippen molar-refractivity contribution in [1.82, 2.24) is 9.97 Å². The van der Waals surface area contributed by atoms with Crippen LogP contribution in [0.5, 0.6) is 5.75 Å². The fourth-order valence-electron chi connectivity index (χ4n) is 2.48. The zero-order valence-corrected chi connectivity index (χ0v) is 10.8. The van der Waals surface area contributed by atoms with Crippen molar-refractivity contribution >= 4 is 0 Å². The Morgan fingerprint density at radius 3 is 2.26 bits per heavy atom. The maximum Gasteiger partial charge on any atom is 0.120 e. The lowest BCUT2D eigenvalue weighted by Gasteiger charge is -2.28. The monoisotopic (exact) mass is 256 g/mol. The summed E-state index contributed by atoms with van der Waals surface area (Å²) in [5.74, 6) is 1.03. The fourth-order valence-corrected chi connectivity index (χ4v) is 2.48. The highest BCUT2D eigenvalue weighted by Gasteiger charge is 2.46. The summed E-state index contributed by atoms with van der Waals surface area (Å²) < 4.78 is 5.16. The van der Waals surface area contributed by atoms with Crippen LogP contribution in [0.2, 0.25) is 0 Å². The number of aliphatic hydroxyl groups is 1. The quantitative estimate of drug-likeness (QED) is 0.910. The third kappa shape index (κ3) is 2.08. The van der Waals surface area contributed by atoms with E-state index >= 15 is 0 Å². The van der Waals surface area contributed by atoms with E-state index in [4.69, 9.17) is 4.74 Å². The molecule has 0 aliphatic heterocycles. The van der Waals surface area contributed by atoms with Crippen molar-refractivity contribution in [3.05, 3.63) is 54.1 Å². The second-order valence-corrected chi connectivity index (χ2v) is 4.90. The topological polar surface area (TPSA) is 55.2 Å². The summed E-state index contributed by atoms with van der Waals surface area (Å²) in [6.07, 6.45) is 6.91. The van der Waals surface area contributed by atoms with Gasteiger partial charge in [-0.05, 0) is 36.5 Å². The van der Waals surface area contributed by atoms with E-state index in [1.165, 1.54) is 6.33 Å². The molecule has 1 aliphatic carbocycles. The van der Waals surface area contributed by atoms with Gasteiger partial charge in [-0.1, -0.05) is 12.1 Å². The average molecular weight is 256 g/mol. The van der Waals surface area contributed by atoms with Gasteiger partial charge >= 0.3 is 0 Å². The molecule has 1 unspecified atom stereocenters. The van der Waals surface area contributed by atoms with Gasteiger partial charge in [0.2, 0.25) is 0 Å². The van der Waals surface area contributed by atoms with E-state index < -0.39 is 5.60 Å². The first kappa shape index (κ1) is 12.1. The third-order valence-electron chi connectivity index (χ3n) is 3.70. The van der Waals surface area contributed by atoms with Gasteiger partial charge in [0.15, 0.2) is 0 Å². The highest BCUT2D eigenvalue weighted by molar-refractivity contribution is 5.39. The minimum absolute atomic E-state index is 0.242. The molecule has 4 heteroatoms. The van der Waals surface area contributed by atoms with Crippen LogP contribution in [0.25, 0.3) is 0 Å². The lowest BCUT2D eigenvalue weighted by molar-refractivity contribution is 0.0556. The largest absolute Gasteiger partial charge is 0.497 e. The number of rotatable bonds is 4. The molecule has 3 rings (SSSR count). The fraction of sp³-hybridized carbons (Fsp3) is 0.333. The second kappa shape index (κ2) is 4.63. The standard InChI is InChI=1S/C15H16N2O2/c1-19-14-6-4-12(5-7-14)15(18,11-2-3-11)13-8-16-10-17-9-13/h4-11,18H,2-3H2,1H3. The van der Waals surface area contributed by atoms with Crippen LogP contribution in [0.1, 0.15) is 24.0 Å². The minimum atomic E-state index is -0.993. The Balaban J connectivity index is 2.05. The van der Waals surface area contributed by atoms with E-state index in [9.17, 15) is 5.11 Å². The van der Waals surface area contributed by atoms with E-state index in [-0.39, 0.29) is 5.92 Å². The SMILES string of the molecule is COc1ccc(C(O)(c2cncnc2)C2CC2)cc1. The molecule has 0 amide bonds. The highest BCUT2D eigenvalue weighted by atomic mass is 16.5. The Morgan fingerprint density at radius 1 is 1.11 bits per heavy atom. The molecule has 1 aromatic heterocycles. The number of benzene rings is 1. The summed E-state index contributed by atoms with van der Waals surface area (Å²) in [6, 6.07) is 7.55. The molecule has 1 atom stereocenters. The predicted molar refractivity (Wildman–Crippen MR) is 70.7 cm³/mol. The Labute approximate surface area is 112 Å². The number of ether oxygens (including phenoxy) is 1. The van der Waals surface area contributed by atoms with Crippen molar-refractivity contribution in [1.29, 1.82) is 0 Å². The number of methoxy groups -OCH3 is 1. The highest BCUT2D eigenvalue weighted by Crippen LogP contribution is 2.49. The van der Waals surface area contributed by atoms with Crippen molar-refractivity contribution in [2.24, 2.45) is 5.92 Å². The summed E-state index contributed by atoms with van der Waals surface area (Å²) in [5.41, 5.74) is 0.626. The zero-order chi connectivity index (χ0) is 13.3. The maximum absolute atomic E-state index is 11.1. The molecule has 0 bridgehead atoms. The Morgan fingerprint density at radius 2 is 1.74 bits per heavy atom. The minimum Gasteiger partial charge on any atom is -0.497 e. The van der Waals surface area contributed by atoms with Crippen molar-refractivity contribution in [3.63, 3.8) is 0 Å². The van der Waals surface area contributed by atoms with Crippen LogP contribution in [-0.2, 0) is 5.60 Å². The van der Waals surface area contributed by atoms with Crippen LogP contribution >= 0.6 is 0 Å². The molecule has 1 heterocycles. The molecule has 1 fully saturated rings. The number of aromatic nitrogens is 2. The second-order valence-electron chi connectivity index (χ2n) is 4.90. The molecule has 1 N–H and O–H groups in total. The molecular weight excluding hydrogens is 240 g/mol. The van der Waals surface area contributed by atoms with Gasteiger partial charge in [-0.2, -0.15) is 0 Å². The van der Waals surface area contributed by atoms with Gasteiger partial charge in [0.1, 0.15) is 17.7 Å². The number of nitrogens with zero attached hydrogens (tertiary/aromatic N) is 2. The van der Waals surface area contributed by atoms with Gasteiger partial charge in [0.25, 0.3) is 0 Å². The third-order valence-corrected chi connectivity index (χ3v) is 3.70.